The van der Waals surface area contributed by atoms with Crippen molar-refractivity contribution >= 4 is 20.9 Å². The number of unbranched alkanes of at least 4 members (excludes halogenated alkanes) is 10. The fraction of sp³-hybridized carbons (Fsp3) is 1.00. The van der Waals surface area contributed by atoms with E-state index < -0.39 is 8.32 Å². The molecule has 0 saturated carbocycles. The molecule has 0 saturated heterocycles. The molecule has 0 fully saturated rings. The molecule has 1 unspecified atom stereocenters. The van der Waals surface area contributed by atoms with Gasteiger partial charge in [0, 0.05) is 6.61 Å². The molecule has 0 aromatic heterocycles. The fourth-order valence-electron chi connectivity index (χ4n) is 3.23. The Bertz CT molecular complexity index is 225. The lowest BCUT2D eigenvalue weighted by atomic mass is 10.1. The highest BCUT2D eigenvalue weighted by atomic mass is 32.1. The monoisotopic (exact) mass is 346 g/mol. The third-order valence-electron chi connectivity index (χ3n) is 4.67. The summed E-state index contributed by atoms with van der Waals surface area (Å²) in [5, 5.41) is 0. The van der Waals surface area contributed by atoms with E-state index in [9.17, 15) is 0 Å². The van der Waals surface area contributed by atoms with Gasteiger partial charge in [0.25, 0.3) is 0 Å². The highest BCUT2D eigenvalue weighted by Gasteiger charge is 2.26. The highest BCUT2D eigenvalue weighted by Crippen LogP contribution is 2.23. The van der Waals surface area contributed by atoms with Gasteiger partial charge in [0.2, 0.25) is 0 Å². The molecule has 3 heteroatoms. The Hall–Kier alpha value is 0.527. The van der Waals surface area contributed by atoms with E-state index in [1.807, 2.05) is 0 Å². The van der Waals surface area contributed by atoms with E-state index >= 15 is 0 Å². The Morgan fingerprint density at radius 3 is 1.59 bits per heavy atom. The van der Waals surface area contributed by atoms with Gasteiger partial charge in [-0.25, -0.2) is 0 Å². The number of thiol groups is 1. The second-order valence-corrected chi connectivity index (χ2v) is 11.6. The molecule has 0 N–H and O–H groups in total. The summed E-state index contributed by atoms with van der Waals surface area (Å²) in [4.78, 5) is 0. The molecule has 134 valence electrons. The van der Waals surface area contributed by atoms with Crippen molar-refractivity contribution in [1.29, 1.82) is 0 Å². The van der Waals surface area contributed by atoms with Gasteiger partial charge in [-0.3, -0.25) is 0 Å². The number of hydrogen-bond donors (Lipinski definition) is 1. The molecule has 0 aliphatic heterocycles. The minimum absolute atomic E-state index is 0.896. The van der Waals surface area contributed by atoms with Crippen LogP contribution in [-0.4, -0.2) is 20.7 Å². The van der Waals surface area contributed by atoms with Crippen molar-refractivity contribution in [3.05, 3.63) is 0 Å². The van der Waals surface area contributed by atoms with Gasteiger partial charge in [0.05, 0.1) is 0 Å². The molecule has 0 aliphatic rings. The SMILES string of the molecule is CCCCCCCCCCCCC[Si](C)(CCCS)OCC. The molecule has 0 heterocycles. The third-order valence-corrected chi connectivity index (χ3v) is 8.79. The molecule has 0 aromatic rings. The van der Waals surface area contributed by atoms with Crippen LogP contribution in [0.4, 0.5) is 0 Å². The Morgan fingerprint density at radius 2 is 1.14 bits per heavy atom. The van der Waals surface area contributed by atoms with E-state index in [1.54, 1.807) is 0 Å². The standard InChI is InChI=1S/C19H42OSSi/c1-4-6-7-8-9-10-11-12-13-14-15-18-22(3,20-5-2)19-16-17-21/h21H,4-19H2,1-3H3. The number of hydrogen-bond acceptors (Lipinski definition) is 2. The van der Waals surface area contributed by atoms with Gasteiger partial charge in [-0.05, 0) is 37.7 Å². The molecule has 0 radical (unpaired) electrons. The maximum atomic E-state index is 6.13. The minimum atomic E-state index is -1.41. The predicted octanol–water partition coefficient (Wildman–Crippen LogP) is 7.23. The van der Waals surface area contributed by atoms with Crippen molar-refractivity contribution in [1.82, 2.24) is 0 Å². The van der Waals surface area contributed by atoms with Crippen molar-refractivity contribution in [2.45, 2.75) is 110 Å². The van der Waals surface area contributed by atoms with Crippen LogP contribution >= 0.6 is 12.6 Å². The average molecular weight is 347 g/mol. The van der Waals surface area contributed by atoms with Gasteiger partial charge in [-0.1, -0.05) is 77.6 Å². The van der Waals surface area contributed by atoms with Crippen LogP contribution in [-0.2, 0) is 4.43 Å². The Kier molecular flexibility index (Phi) is 16.8. The molecular weight excluding hydrogens is 304 g/mol. The average Bonchev–Trinajstić information content (AvgIpc) is 2.51. The molecule has 0 aromatic carbocycles. The van der Waals surface area contributed by atoms with Crippen molar-refractivity contribution in [3.63, 3.8) is 0 Å². The lowest BCUT2D eigenvalue weighted by Crippen LogP contribution is -2.34. The van der Waals surface area contributed by atoms with Crippen LogP contribution in [0.25, 0.3) is 0 Å². The van der Waals surface area contributed by atoms with Crippen LogP contribution in [0.2, 0.25) is 18.6 Å². The van der Waals surface area contributed by atoms with Gasteiger partial charge in [0.1, 0.15) is 0 Å². The topological polar surface area (TPSA) is 9.23 Å². The maximum absolute atomic E-state index is 6.13. The third kappa shape index (κ3) is 14.1. The number of rotatable bonds is 17. The zero-order chi connectivity index (χ0) is 16.5. The van der Waals surface area contributed by atoms with Gasteiger partial charge in [-0.2, -0.15) is 12.6 Å². The lowest BCUT2D eigenvalue weighted by molar-refractivity contribution is 0.321. The fourth-order valence-corrected chi connectivity index (χ4v) is 6.85. The van der Waals surface area contributed by atoms with E-state index in [-0.39, 0.29) is 0 Å². The second kappa shape index (κ2) is 16.4. The van der Waals surface area contributed by atoms with Crippen LogP contribution in [0.5, 0.6) is 0 Å². The van der Waals surface area contributed by atoms with E-state index in [2.05, 4.69) is 33.0 Å². The highest BCUT2D eigenvalue weighted by molar-refractivity contribution is 7.80. The predicted molar refractivity (Wildman–Crippen MR) is 108 cm³/mol. The quantitative estimate of drug-likeness (QED) is 0.166. The summed E-state index contributed by atoms with van der Waals surface area (Å²) >= 11 is 4.35. The first-order valence-corrected chi connectivity index (χ1v) is 13.4. The summed E-state index contributed by atoms with van der Waals surface area (Å²) in [6.45, 7) is 7.76. The molecule has 22 heavy (non-hydrogen) atoms. The Balaban J connectivity index is 3.45. The van der Waals surface area contributed by atoms with Gasteiger partial charge >= 0.3 is 0 Å². The first-order valence-electron chi connectivity index (χ1n) is 9.93. The van der Waals surface area contributed by atoms with E-state index in [0.717, 1.165) is 12.4 Å². The van der Waals surface area contributed by atoms with Crippen LogP contribution in [0.3, 0.4) is 0 Å². The molecule has 1 nitrogen and oxygen atoms in total. The van der Waals surface area contributed by atoms with Crippen LogP contribution in [0.1, 0.15) is 90.9 Å². The van der Waals surface area contributed by atoms with Crippen LogP contribution < -0.4 is 0 Å². The van der Waals surface area contributed by atoms with E-state index in [4.69, 9.17) is 4.43 Å². The molecule has 0 bridgehead atoms. The van der Waals surface area contributed by atoms with Gasteiger partial charge in [0.15, 0.2) is 8.32 Å². The normalized spacial score (nSPS) is 14.2. The molecular formula is C19H42OSSi. The second-order valence-electron chi connectivity index (χ2n) is 7.00. The first kappa shape index (κ1) is 22.5. The summed E-state index contributed by atoms with van der Waals surface area (Å²) in [7, 11) is -1.41. The molecule has 0 amide bonds. The summed E-state index contributed by atoms with van der Waals surface area (Å²) in [6, 6.07) is 2.65. The lowest BCUT2D eigenvalue weighted by Gasteiger charge is -2.26. The zero-order valence-corrected chi connectivity index (χ0v) is 17.6. The van der Waals surface area contributed by atoms with E-state index in [0.29, 0.717) is 0 Å². The summed E-state index contributed by atoms with van der Waals surface area (Å²) in [6.07, 6.45) is 16.9. The summed E-state index contributed by atoms with van der Waals surface area (Å²) < 4.78 is 6.13. The summed E-state index contributed by atoms with van der Waals surface area (Å²) in [5.41, 5.74) is 0. The molecule has 1 atom stereocenters. The van der Waals surface area contributed by atoms with Crippen LogP contribution in [0.15, 0.2) is 0 Å². The first-order chi connectivity index (χ1) is 10.7. The van der Waals surface area contributed by atoms with Crippen molar-refractivity contribution < 1.29 is 4.43 Å². The Labute approximate surface area is 147 Å². The summed E-state index contributed by atoms with van der Waals surface area (Å²) in [5.74, 6) is 1.01. The zero-order valence-electron chi connectivity index (χ0n) is 15.7. The molecule has 0 aliphatic carbocycles. The minimum Gasteiger partial charge on any atom is -0.417 e. The Morgan fingerprint density at radius 1 is 0.682 bits per heavy atom. The molecule has 0 spiro atoms. The van der Waals surface area contributed by atoms with Crippen LogP contribution in [0, 0.1) is 0 Å². The van der Waals surface area contributed by atoms with Crippen molar-refractivity contribution in [2.24, 2.45) is 0 Å². The smallest absolute Gasteiger partial charge is 0.189 e. The maximum Gasteiger partial charge on any atom is 0.189 e. The van der Waals surface area contributed by atoms with Gasteiger partial charge < -0.3 is 4.43 Å². The van der Waals surface area contributed by atoms with Crippen molar-refractivity contribution in [3.8, 4) is 0 Å². The largest absolute Gasteiger partial charge is 0.417 e. The molecule has 0 rings (SSSR count). The van der Waals surface area contributed by atoms with Gasteiger partial charge in [-0.15, -0.1) is 0 Å². The van der Waals surface area contributed by atoms with E-state index in [1.165, 1.54) is 89.1 Å². The van der Waals surface area contributed by atoms with Crippen molar-refractivity contribution in [2.75, 3.05) is 12.4 Å².